The average molecular weight is 311 g/mol. The number of hydrogen-bond donors (Lipinski definition) is 0. The summed E-state index contributed by atoms with van der Waals surface area (Å²) in [6, 6.07) is 26.5. The summed E-state index contributed by atoms with van der Waals surface area (Å²) < 4.78 is 0. The first kappa shape index (κ1) is 15.7. The van der Waals surface area contributed by atoms with Crippen molar-refractivity contribution in [3.63, 3.8) is 0 Å². The Labute approximate surface area is 141 Å². The van der Waals surface area contributed by atoms with Gasteiger partial charge in [-0.15, -0.1) is 0 Å². The van der Waals surface area contributed by atoms with Gasteiger partial charge in [0.2, 0.25) is 5.78 Å². The van der Waals surface area contributed by atoms with E-state index in [1.165, 1.54) is 5.56 Å². The maximum atomic E-state index is 12.9. The van der Waals surface area contributed by atoms with Crippen molar-refractivity contribution in [3.05, 3.63) is 102 Å². The predicted molar refractivity (Wildman–Crippen MR) is 98.9 cm³/mol. The molecule has 0 radical (unpaired) electrons. The molecule has 24 heavy (non-hydrogen) atoms. The fourth-order valence-corrected chi connectivity index (χ4v) is 2.32. The lowest BCUT2D eigenvalue weighted by atomic mass is 9.98. The number of nitrogens with zero attached hydrogens (tertiary/aromatic N) is 1. The predicted octanol–water partition coefficient (Wildman–Crippen LogP) is 5.26. The minimum atomic E-state index is -0.0855. The molecular formula is C22H17NO. The van der Waals surface area contributed by atoms with E-state index in [-0.39, 0.29) is 5.78 Å². The number of hydrogen-bond acceptors (Lipinski definition) is 2. The van der Waals surface area contributed by atoms with Crippen molar-refractivity contribution in [1.29, 1.82) is 0 Å². The van der Waals surface area contributed by atoms with Gasteiger partial charge in [-0.3, -0.25) is 4.79 Å². The van der Waals surface area contributed by atoms with Gasteiger partial charge in [0.15, 0.2) is 0 Å². The van der Waals surface area contributed by atoms with Crippen molar-refractivity contribution in [2.75, 3.05) is 0 Å². The number of ketones is 1. The molecule has 3 aromatic rings. The van der Waals surface area contributed by atoms with E-state index < -0.39 is 0 Å². The van der Waals surface area contributed by atoms with Gasteiger partial charge >= 0.3 is 0 Å². The van der Waals surface area contributed by atoms with Crippen molar-refractivity contribution in [2.45, 2.75) is 6.92 Å². The molecule has 0 fully saturated rings. The molecule has 3 aromatic carbocycles. The van der Waals surface area contributed by atoms with Gasteiger partial charge in [0.05, 0.1) is 11.3 Å². The van der Waals surface area contributed by atoms with E-state index in [4.69, 9.17) is 0 Å². The Morgan fingerprint density at radius 2 is 1.29 bits per heavy atom. The number of carbonyl (C=O) groups is 1. The molecule has 0 aliphatic heterocycles. The summed E-state index contributed by atoms with van der Waals surface area (Å²) >= 11 is 0. The molecule has 0 unspecified atom stereocenters. The summed E-state index contributed by atoms with van der Waals surface area (Å²) in [5.74, 6) is 2.88. The van der Waals surface area contributed by atoms with Crippen molar-refractivity contribution in [2.24, 2.45) is 4.99 Å². The lowest BCUT2D eigenvalue weighted by molar-refractivity contribution is 0.105. The number of rotatable bonds is 4. The molecule has 2 heteroatoms. The highest BCUT2D eigenvalue weighted by atomic mass is 16.1. The van der Waals surface area contributed by atoms with Gasteiger partial charge in [-0.2, -0.15) is 0 Å². The Kier molecular flexibility index (Phi) is 4.81. The Bertz CT molecular complexity index is 888. The van der Waals surface area contributed by atoms with Gasteiger partial charge < -0.3 is 0 Å². The lowest BCUT2D eigenvalue weighted by Gasteiger charge is -2.04. The van der Waals surface area contributed by atoms with E-state index in [1.54, 1.807) is 12.1 Å². The number of aryl methyl sites for hydroxylation is 1. The van der Waals surface area contributed by atoms with Gasteiger partial charge in [-0.1, -0.05) is 78.4 Å². The molecule has 116 valence electrons. The summed E-state index contributed by atoms with van der Waals surface area (Å²) in [6.07, 6.45) is 0. The topological polar surface area (TPSA) is 29.4 Å². The van der Waals surface area contributed by atoms with E-state index in [0.717, 1.165) is 11.3 Å². The zero-order chi connectivity index (χ0) is 16.8. The number of aliphatic imine (C=N–C) groups is 1. The van der Waals surface area contributed by atoms with Gasteiger partial charge in [0.25, 0.3) is 0 Å². The van der Waals surface area contributed by atoms with Crippen LogP contribution in [0.1, 0.15) is 21.5 Å². The minimum absolute atomic E-state index is 0.0855. The molecule has 0 saturated heterocycles. The van der Waals surface area contributed by atoms with Crippen molar-refractivity contribution in [1.82, 2.24) is 0 Å². The summed E-state index contributed by atoms with van der Waals surface area (Å²) in [7, 11) is 0. The molecule has 0 aliphatic carbocycles. The van der Waals surface area contributed by atoms with Crippen LogP contribution in [0.5, 0.6) is 0 Å². The fraction of sp³-hybridized carbons (Fsp3) is 0.0455. The molecular weight excluding hydrogens is 294 g/mol. The van der Waals surface area contributed by atoms with Gasteiger partial charge in [0.1, 0.15) is 0 Å². The van der Waals surface area contributed by atoms with Gasteiger partial charge in [-0.25, -0.2) is 4.99 Å². The zero-order valence-corrected chi connectivity index (χ0v) is 13.4. The maximum absolute atomic E-state index is 12.9. The number of carbonyl (C=O) groups excluding carboxylic acids is 1. The Morgan fingerprint density at radius 3 is 1.88 bits per heavy atom. The molecule has 0 saturated carbocycles. The van der Waals surface area contributed by atoms with Crippen LogP contribution in [0.4, 0.5) is 5.69 Å². The van der Waals surface area contributed by atoms with Crippen LogP contribution in [0.15, 0.2) is 89.9 Å². The molecule has 2 nitrogen and oxygen atoms in total. The third-order valence-corrected chi connectivity index (χ3v) is 3.66. The van der Waals surface area contributed by atoms with Crippen molar-refractivity contribution in [3.8, 4) is 0 Å². The first-order valence-electron chi connectivity index (χ1n) is 7.79. The molecule has 0 N–H and O–H groups in total. The normalized spacial score (nSPS) is 9.88. The summed E-state index contributed by atoms with van der Waals surface area (Å²) in [5, 5.41) is 0. The third kappa shape index (κ3) is 3.75. The van der Waals surface area contributed by atoms with Crippen LogP contribution < -0.4 is 0 Å². The van der Waals surface area contributed by atoms with Gasteiger partial charge in [-0.05, 0) is 24.6 Å². The molecule has 0 atom stereocenters. The number of benzene rings is 3. The zero-order valence-electron chi connectivity index (χ0n) is 13.4. The second-order valence-electron chi connectivity index (χ2n) is 5.50. The second-order valence-corrected chi connectivity index (χ2v) is 5.50. The van der Waals surface area contributed by atoms with E-state index in [2.05, 4.69) is 10.9 Å². The first-order chi connectivity index (χ1) is 11.7. The summed E-state index contributed by atoms with van der Waals surface area (Å²) in [6.45, 7) is 2.03. The third-order valence-electron chi connectivity index (χ3n) is 3.66. The summed E-state index contributed by atoms with van der Waals surface area (Å²) in [5.41, 5.74) is 3.84. The lowest BCUT2D eigenvalue weighted by Crippen LogP contribution is -2.03. The van der Waals surface area contributed by atoms with E-state index in [0.29, 0.717) is 11.1 Å². The number of Topliss-reactive ketones (excluding diaryl/α,β-unsaturated/α-hetero) is 1. The van der Waals surface area contributed by atoms with Gasteiger partial charge in [0, 0.05) is 11.4 Å². The standard InChI is InChI=1S/C22H17NO/c1-17-12-14-20(15-13-17)23-16-21(18-8-4-2-5-9-18)22(24)19-10-6-3-7-11-19/h2-15H,1H3. The van der Waals surface area contributed by atoms with E-state index >= 15 is 0 Å². The molecule has 0 heterocycles. The molecule has 0 amide bonds. The molecule has 0 bridgehead atoms. The molecule has 0 aromatic heterocycles. The average Bonchev–Trinajstić information content (AvgIpc) is 2.65. The largest absolute Gasteiger partial charge is 0.288 e. The first-order valence-corrected chi connectivity index (χ1v) is 7.79. The van der Waals surface area contributed by atoms with Crippen LogP contribution in [0.2, 0.25) is 0 Å². The van der Waals surface area contributed by atoms with Crippen molar-refractivity contribution >= 4 is 22.9 Å². The molecule has 3 rings (SSSR count). The highest BCUT2D eigenvalue weighted by Crippen LogP contribution is 2.18. The quantitative estimate of drug-likeness (QED) is 0.367. The highest BCUT2D eigenvalue weighted by molar-refractivity contribution is 6.35. The molecule has 0 spiro atoms. The SMILES string of the molecule is Cc1ccc(N=C=C(C(=O)c2ccccc2)c2ccccc2)cc1. The summed E-state index contributed by atoms with van der Waals surface area (Å²) in [4.78, 5) is 17.2. The van der Waals surface area contributed by atoms with Crippen LogP contribution in [-0.4, -0.2) is 11.7 Å². The van der Waals surface area contributed by atoms with Crippen LogP contribution in [0.25, 0.3) is 5.57 Å². The van der Waals surface area contributed by atoms with Crippen LogP contribution in [-0.2, 0) is 0 Å². The van der Waals surface area contributed by atoms with Crippen molar-refractivity contribution < 1.29 is 4.79 Å². The highest BCUT2D eigenvalue weighted by Gasteiger charge is 2.14. The Morgan fingerprint density at radius 1 is 0.750 bits per heavy atom. The van der Waals surface area contributed by atoms with Crippen LogP contribution >= 0.6 is 0 Å². The van der Waals surface area contributed by atoms with E-state index in [1.807, 2.05) is 79.7 Å². The second kappa shape index (κ2) is 7.36. The van der Waals surface area contributed by atoms with E-state index in [9.17, 15) is 4.79 Å². The fourth-order valence-electron chi connectivity index (χ4n) is 2.32. The Hall–Kier alpha value is -3.22. The minimum Gasteiger partial charge on any atom is -0.288 e. The Balaban J connectivity index is 2.07. The smallest absolute Gasteiger partial charge is 0.202 e. The molecule has 0 aliphatic rings. The van der Waals surface area contributed by atoms with Crippen LogP contribution in [0.3, 0.4) is 0 Å². The monoisotopic (exact) mass is 311 g/mol. The number of allylic oxidation sites excluding steroid dienone is 1. The maximum Gasteiger partial charge on any atom is 0.202 e. The van der Waals surface area contributed by atoms with Crippen LogP contribution in [0, 0.1) is 6.92 Å².